The third-order valence-corrected chi connectivity index (χ3v) is 3.91. The number of carbonyl (C=O) groups is 1. The van der Waals surface area contributed by atoms with Gasteiger partial charge in [-0.3, -0.25) is 4.79 Å². The number of aromatic amines is 1. The van der Waals surface area contributed by atoms with E-state index in [0.717, 1.165) is 29.5 Å². The van der Waals surface area contributed by atoms with E-state index in [4.69, 9.17) is 9.47 Å². The van der Waals surface area contributed by atoms with E-state index in [1.807, 2.05) is 32.0 Å². The topological polar surface area (TPSA) is 51.3 Å². The average molecular weight is 273 g/mol. The molecule has 3 rings (SSSR count). The van der Waals surface area contributed by atoms with Gasteiger partial charge < -0.3 is 14.5 Å². The maximum absolute atomic E-state index is 12.8. The third kappa shape index (κ3) is 2.00. The van der Waals surface area contributed by atoms with Gasteiger partial charge in [0.15, 0.2) is 5.78 Å². The number of benzene rings is 1. The second-order valence-electron chi connectivity index (χ2n) is 5.33. The van der Waals surface area contributed by atoms with Crippen LogP contribution in [0.15, 0.2) is 24.4 Å². The predicted molar refractivity (Wildman–Crippen MR) is 77.4 cm³/mol. The van der Waals surface area contributed by atoms with Gasteiger partial charge in [0, 0.05) is 23.9 Å². The minimum Gasteiger partial charge on any atom is -0.493 e. The van der Waals surface area contributed by atoms with Crippen LogP contribution >= 0.6 is 0 Å². The third-order valence-electron chi connectivity index (χ3n) is 3.91. The number of hydrogen-bond acceptors (Lipinski definition) is 3. The number of ketones is 1. The van der Waals surface area contributed by atoms with E-state index in [1.54, 1.807) is 6.20 Å². The number of hydrogen-bond donors (Lipinski definition) is 1. The first-order chi connectivity index (χ1) is 9.65. The highest BCUT2D eigenvalue weighted by Gasteiger charge is 2.39. The summed E-state index contributed by atoms with van der Waals surface area (Å²) in [7, 11) is 0. The van der Waals surface area contributed by atoms with Gasteiger partial charge in [-0.15, -0.1) is 0 Å². The molecule has 1 atom stereocenters. The summed E-state index contributed by atoms with van der Waals surface area (Å²) in [6.07, 6.45) is 3.47. The molecule has 1 unspecified atom stereocenters. The number of aromatic nitrogens is 1. The summed E-state index contributed by atoms with van der Waals surface area (Å²) in [4.78, 5) is 16.0. The Morgan fingerprint density at radius 2 is 2.35 bits per heavy atom. The summed E-state index contributed by atoms with van der Waals surface area (Å²) in [6, 6.07) is 5.77. The summed E-state index contributed by atoms with van der Waals surface area (Å²) in [5.74, 6) is 0.782. The van der Waals surface area contributed by atoms with Crippen LogP contribution in [-0.2, 0) is 4.74 Å². The van der Waals surface area contributed by atoms with Crippen molar-refractivity contribution in [1.82, 2.24) is 4.98 Å². The van der Waals surface area contributed by atoms with Crippen LogP contribution in [0.2, 0.25) is 0 Å². The lowest BCUT2D eigenvalue weighted by atomic mass is 9.91. The van der Waals surface area contributed by atoms with Crippen LogP contribution in [-0.4, -0.2) is 29.6 Å². The van der Waals surface area contributed by atoms with Crippen LogP contribution in [0.5, 0.6) is 5.75 Å². The Labute approximate surface area is 118 Å². The largest absolute Gasteiger partial charge is 0.493 e. The lowest BCUT2D eigenvalue weighted by Gasteiger charge is -2.21. The molecule has 1 N–H and O–H groups in total. The molecule has 0 spiro atoms. The zero-order valence-electron chi connectivity index (χ0n) is 11.9. The fourth-order valence-electron chi connectivity index (χ4n) is 2.85. The number of carbonyl (C=O) groups excluding carboxylic acids is 1. The van der Waals surface area contributed by atoms with Crippen LogP contribution in [0.25, 0.3) is 10.9 Å². The Morgan fingerprint density at radius 1 is 1.50 bits per heavy atom. The first kappa shape index (κ1) is 13.2. The Hall–Kier alpha value is -1.81. The monoisotopic (exact) mass is 273 g/mol. The molecular weight excluding hydrogens is 254 g/mol. The summed E-state index contributed by atoms with van der Waals surface area (Å²) >= 11 is 0. The highest BCUT2D eigenvalue weighted by atomic mass is 16.5. The van der Waals surface area contributed by atoms with Gasteiger partial charge in [-0.25, -0.2) is 0 Å². The van der Waals surface area contributed by atoms with E-state index >= 15 is 0 Å². The fraction of sp³-hybridized carbons (Fsp3) is 0.438. The van der Waals surface area contributed by atoms with Gasteiger partial charge in [-0.2, -0.15) is 0 Å². The van der Waals surface area contributed by atoms with Crippen LogP contribution in [0.3, 0.4) is 0 Å². The second kappa shape index (κ2) is 4.94. The molecule has 106 valence electrons. The highest BCUT2D eigenvalue weighted by molar-refractivity contribution is 6.13. The molecule has 0 aliphatic carbocycles. The van der Waals surface area contributed by atoms with Crippen molar-refractivity contribution in [2.45, 2.75) is 32.3 Å². The zero-order valence-corrected chi connectivity index (χ0v) is 11.9. The smallest absolute Gasteiger partial charge is 0.196 e. The molecule has 1 saturated heterocycles. The molecule has 1 aromatic heterocycles. The maximum Gasteiger partial charge on any atom is 0.196 e. The summed E-state index contributed by atoms with van der Waals surface area (Å²) in [5.41, 5.74) is 0.878. The van der Waals surface area contributed by atoms with Gasteiger partial charge in [0.05, 0.1) is 12.0 Å². The highest BCUT2D eigenvalue weighted by Crippen LogP contribution is 2.35. The molecule has 0 amide bonds. The lowest BCUT2D eigenvalue weighted by molar-refractivity contribution is 0.0215. The average Bonchev–Trinajstić information content (AvgIpc) is 3.06. The molecule has 0 bridgehead atoms. The molecular formula is C16H19NO3. The summed E-state index contributed by atoms with van der Waals surface area (Å²) in [6.45, 7) is 5.05. The zero-order chi connectivity index (χ0) is 14.2. The number of fused-ring (bicyclic) bond motifs is 1. The van der Waals surface area contributed by atoms with E-state index in [0.29, 0.717) is 18.8 Å². The van der Waals surface area contributed by atoms with Crippen molar-refractivity contribution in [3.63, 3.8) is 0 Å². The normalized spacial score (nSPS) is 22.3. The van der Waals surface area contributed by atoms with Crippen LogP contribution in [0, 0.1) is 0 Å². The van der Waals surface area contributed by atoms with Crippen molar-refractivity contribution in [3.8, 4) is 5.75 Å². The Kier molecular flexibility index (Phi) is 3.26. The van der Waals surface area contributed by atoms with Crippen molar-refractivity contribution >= 4 is 16.7 Å². The summed E-state index contributed by atoms with van der Waals surface area (Å²) in [5, 5.41) is 0.857. The predicted octanol–water partition coefficient (Wildman–Crippen LogP) is 3.32. The summed E-state index contributed by atoms with van der Waals surface area (Å²) < 4.78 is 11.3. The molecule has 1 aliphatic rings. The molecule has 1 fully saturated rings. The fourth-order valence-corrected chi connectivity index (χ4v) is 2.85. The Balaban J connectivity index is 2.09. The molecule has 20 heavy (non-hydrogen) atoms. The van der Waals surface area contributed by atoms with Crippen molar-refractivity contribution < 1.29 is 14.3 Å². The van der Waals surface area contributed by atoms with Crippen molar-refractivity contribution in [1.29, 1.82) is 0 Å². The molecule has 1 aromatic carbocycles. The Morgan fingerprint density at radius 3 is 3.05 bits per heavy atom. The van der Waals surface area contributed by atoms with Gasteiger partial charge in [-0.05, 0) is 38.8 Å². The SMILES string of the molecule is CCOc1cccc2[nH]cc(C(=O)C3(C)CCCO3)c12. The number of ether oxygens (including phenoxy) is 2. The van der Waals surface area contributed by atoms with Gasteiger partial charge in [0.25, 0.3) is 0 Å². The van der Waals surface area contributed by atoms with Crippen LogP contribution in [0.4, 0.5) is 0 Å². The van der Waals surface area contributed by atoms with E-state index in [9.17, 15) is 4.79 Å². The first-order valence-corrected chi connectivity index (χ1v) is 7.07. The lowest BCUT2D eigenvalue weighted by Crippen LogP contribution is -2.34. The van der Waals surface area contributed by atoms with Crippen LogP contribution < -0.4 is 4.74 Å². The molecule has 0 saturated carbocycles. The second-order valence-corrected chi connectivity index (χ2v) is 5.33. The van der Waals surface area contributed by atoms with Gasteiger partial charge in [0.1, 0.15) is 11.4 Å². The molecule has 4 heteroatoms. The van der Waals surface area contributed by atoms with E-state index < -0.39 is 5.60 Å². The number of rotatable bonds is 4. The van der Waals surface area contributed by atoms with E-state index in [1.165, 1.54) is 0 Å². The number of H-pyrrole nitrogens is 1. The molecule has 2 aromatic rings. The van der Waals surface area contributed by atoms with Crippen LogP contribution in [0.1, 0.15) is 37.0 Å². The van der Waals surface area contributed by atoms with Crippen molar-refractivity contribution in [2.24, 2.45) is 0 Å². The number of nitrogens with one attached hydrogen (secondary N) is 1. The molecule has 0 radical (unpaired) electrons. The molecule has 4 nitrogen and oxygen atoms in total. The molecule has 2 heterocycles. The standard InChI is InChI=1S/C16H19NO3/c1-3-19-13-7-4-6-12-14(13)11(10-17-12)15(18)16(2)8-5-9-20-16/h4,6-7,10,17H,3,5,8-9H2,1-2H3. The quantitative estimate of drug-likeness (QED) is 0.869. The van der Waals surface area contributed by atoms with Gasteiger partial charge >= 0.3 is 0 Å². The minimum absolute atomic E-state index is 0.0356. The molecule has 1 aliphatic heterocycles. The Bertz CT molecular complexity index is 638. The van der Waals surface area contributed by atoms with Crippen molar-refractivity contribution in [2.75, 3.05) is 13.2 Å². The van der Waals surface area contributed by atoms with E-state index in [-0.39, 0.29) is 5.78 Å². The van der Waals surface area contributed by atoms with Crippen molar-refractivity contribution in [3.05, 3.63) is 30.0 Å². The number of Topliss-reactive ketones (excluding diaryl/α,β-unsaturated/α-hetero) is 1. The van der Waals surface area contributed by atoms with Gasteiger partial charge in [0.2, 0.25) is 0 Å². The maximum atomic E-state index is 12.8. The van der Waals surface area contributed by atoms with Gasteiger partial charge in [-0.1, -0.05) is 6.07 Å². The van der Waals surface area contributed by atoms with E-state index in [2.05, 4.69) is 4.98 Å². The minimum atomic E-state index is -0.700. The first-order valence-electron chi connectivity index (χ1n) is 7.07.